The average Bonchev–Trinajstić information content (AvgIpc) is 2.62. The first-order chi connectivity index (χ1) is 12.2. The van der Waals surface area contributed by atoms with Crippen LogP contribution in [-0.4, -0.2) is 23.8 Å². The zero-order chi connectivity index (χ0) is 17.6. The van der Waals surface area contributed by atoms with E-state index in [4.69, 9.17) is 4.74 Å². The minimum Gasteiger partial charge on any atom is -0.507 e. The highest BCUT2D eigenvalue weighted by molar-refractivity contribution is 6.01. The van der Waals surface area contributed by atoms with Crippen LogP contribution in [0.3, 0.4) is 0 Å². The summed E-state index contributed by atoms with van der Waals surface area (Å²) in [5.74, 6) is 0.239. The number of aromatic hydroxyl groups is 1. The summed E-state index contributed by atoms with van der Waals surface area (Å²) in [7, 11) is 0. The maximum absolute atomic E-state index is 12.2. The van der Waals surface area contributed by atoms with Crippen LogP contribution in [0.15, 0.2) is 65.8 Å². The molecule has 5 nitrogen and oxygen atoms in total. The van der Waals surface area contributed by atoms with Crippen LogP contribution in [0.1, 0.15) is 22.8 Å². The van der Waals surface area contributed by atoms with Crippen LogP contribution in [0.5, 0.6) is 11.5 Å². The highest BCUT2D eigenvalue weighted by atomic mass is 16.5. The number of rotatable bonds is 5. The van der Waals surface area contributed by atoms with E-state index in [2.05, 4.69) is 10.5 Å². The van der Waals surface area contributed by atoms with Crippen LogP contribution in [0.2, 0.25) is 0 Å². The van der Waals surface area contributed by atoms with Crippen molar-refractivity contribution in [2.45, 2.75) is 6.92 Å². The zero-order valence-corrected chi connectivity index (χ0v) is 13.8. The summed E-state index contributed by atoms with van der Waals surface area (Å²) < 4.78 is 5.37. The fourth-order valence-corrected chi connectivity index (χ4v) is 2.45. The topological polar surface area (TPSA) is 70.9 Å². The quantitative estimate of drug-likeness (QED) is 0.552. The van der Waals surface area contributed by atoms with Gasteiger partial charge < -0.3 is 9.84 Å². The molecule has 0 aromatic heterocycles. The molecule has 25 heavy (non-hydrogen) atoms. The predicted molar refractivity (Wildman–Crippen MR) is 98.3 cm³/mol. The summed E-state index contributed by atoms with van der Waals surface area (Å²) in [5, 5.41) is 15.7. The Labute approximate surface area is 145 Å². The van der Waals surface area contributed by atoms with Crippen molar-refractivity contribution in [2.24, 2.45) is 5.10 Å². The van der Waals surface area contributed by atoms with Crippen LogP contribution >= 0.6 is 0 Å². The third kappa shape index (κ3) is 3.95. The van der Waals surface area contributed by atoms with Gasteiger partial charge in [-0.1, -0.05) is 24.3 Å². The first-order valence-electron chi connectivity index (χ1n) is 7.95. The SMILES string of the molecule is CCOc1ccc(/C=N\NC(=O)c2cc3ccccc3cc2O)cc1. The van der Waals surface area contributed by atoms with Crippen molar-refractivity contribution in [3.8, 4) is 11.5 Å². The second kappa shape index (κ2) is 7.49. The molecule has 0 aliphatic heterocycles. The smallest absolute Gasteiger partial charge is 0.275 e. The number of phenols is 1. The number of nitrogens with zero attached hydrogens (tertiary/aromatic N) is 1. The van der Waals surface area contributed by atoms with Crippen molar-refractivity contribution >= 4 is 22.9 Å². The van der Waals surface area contributed by atoms with Crippen LogP contribution in [0, 0.1) is 0 Å². The lowest BCUT2D eigenvalue weighted by molar-refractivity contribution is 0.0952. The van der Waals surface area contributed by atoms with Gasteiger partial charge in [-0.15, -0.1) is 0 Å². The molecule has 0 radical (unpaired) electrons. The van der Waals surface area contributed by atoms with E-state index < -0.39 is 5.91 Å². The van der Waals surface area contributed by atoms with Gasteiger partial charge in [0, 0.05) is 0 Å². The molecule has 0 spiro atoms. The Morgan fingerprint density at radius 3 is 2.48 bits per heavy atom. The molecule has 0 saturated heterocycles. The maximum atomic E-state index is 12.2. The molecule has 0 aliphatic rings. The second-order valence-electron chi connectivity index (χ2n) is 5.42. The molecule has 3 rings (SSSR count). The van der Waals surface area contributed by atoms with Crippen molar-refractivity contribution < 1.29 is 14.6 Å². The Bertz CT molecular complexity index is 918. The lowest BCUT2D eigenvalue weighted by Gasteiger charge is -2.06. The summed E-state index contributed by atoms with van der Waals surface area (Å²) in [4.78, 5) is 12.2. The Morgan fingerprint density at radius 2 is 1.80 bits per heavy atom. The minimum absolute atomic E-state index is 0.0764. The Morgan fingerprint density at radius 1 is 1.12 bits per heavy atom. The summed E-state index contributed by atoms with van der Waals surface area (Å²) in [5.41, 5.74) is 3.44. The molecule has 0 fully saturated rings. The van der Waals surface area contributed by atoms with Gasteiger partial charge in [-0.2, -0.15) is 5.10 Å². The van der Waals surface area contributed by atoms with Gasteiger partial charge in [0.25, 0.3) is 5.91 Å². The molecule has 0 bridgehead atoms. The van der Waals surface area contributed by atoms with E-state index in [9.17, 15) is 9.90 Å². The first-order valence-corrected chi connectivity index (χ1v) is 7.95. The number of phenolic OH excluding ortho intramolecular Hbond substituents is 1. The molecule has 3 aromatic rings. The normalized spacial score (nSPS) is 10.9. The zero-order valence-electron chi connectivity index (χ0n) is 13.8. The van der Waals surface area contributed by atoms with Crippen LogP contribution < -0.4 is 10.2 Å². The summed E-state index contributed by atoms with van der Waals surface area (Å²) in [6.45, 7) is 2.53. The highest BCUT2D eigenvalue weighted by Gasteiger charge is 2.11. The molecule has 0 saturated carbocycles. The Balaban J connectivity index is 1.70. The van der Waals surface area contributed by atoms with Gasteiger partial charge in [-0.05, 0) is 59.7 Å². The lowest BCUT2D eigenvalue weighted by atomic mass is 10.1. The fraction of sp³-hybridized carbons (Fsp3) is 0.100. The van der Waals surface area contributed by atoms with E-state index in [0.29, 0.717) is 6.61 Å². The highest BCUT2D eigenvalue weighted by Crippen LogP contribution is 2.24. The number of ether oxygens (including phenoxy) is 1. The molecule has 3 aromatic carbocycles. The maximum Gasteiger partial charge on any atom is 0.275 e. The Kier molecular flexibility index (Phi) is 4.95. The predicted octanol–water partition coefficient (Wildman–Crippen LogP) is 3.71. The van der Waals surface area contributed by atoms with Crippen molar-refractivity contribution in [2.75, 3.05) is 6.61 Å². The number of hydrazone groups is 1. The van der Waals surface area contributed by atoms with Crippen molar-refractivity contribution in [3.63, 3.8) is 0 Å². The number of benzene rings is 3. The van der Waals surface area contributed by atoms with Gasteiger partial charge in [0.15, 0.2) is 0 Å². The van der Waals surface area contributed by atoms with Gasteiger partial charge >= 0.3 is 0 Å². The molecule has 0 aliphatic carbocycles. The fourth-order valence-electron chi connectivity index (χ4n) is 2.45. The number of fused-ring (bicyclic) bond motifs is 1. The van der Waals surface area contributed by atoms with Gasteiger partial charge in [-0.3, -0.25) is 4.79 Å². The van der Waals surface area contributed by atoms with Crippen LogP contribution in [-0.2, 0) is 0 Å². The third-order valence-corrected chi connectivity index (χ3v) is 3.68. The van der Waals surface area contributed by atoms with Crippen molar-refractivity contribution in [3.05, 3.63) is 71.8 Å². The van der Waals surface area contributed by atoms with Crippen LogP contribution in [0.25, 0.3) is 10.8 Å². The van der Waals surface area contributed by atoms with E-state index >= 15 is 0 Å². The molecular formula is C20H18N2O3. The summed E-state index contributed by atoms with van der Waals surface area (Å²) in [6, 6.07) is 18.1. The van der Waals surface area contributed by atoms with Crippen molar-refractivity contribution in [1.29, 1.82) is 0 Å². The minimum atomic E-state index is -0.467. The standard InChI is InChI=1S/C20H18N2O3/c1-2-25-17-9-7-14(8-10-17)13-21-22-20(24)18-11-15-5-3-4-6-16(15)12-19(18)23/h3-13,23H,2H2,1H3,(H,22,24)/b21-13-. The van der Waals surface area contributed by atoms with Gasteiger partial charge in [-0.25, -0.2) is 5.43 Å². The Hall–Kier alpha value is -3.34. The van der Waals surface area contributed by atoms with E-state index in [1.807, 2.05) is 55.5 Å². The number of nitrogens with one attached hydrogen (secondary N) is 1. The third-order valence-electron chi connectivity index (χ3n) is 3.68. The molecule has 1 amide bonds. The molecule has 5 heteroatoms. The molecule has 2 N–H and O–H groups in total. The number of amides is 1. The molecule has 0 unspecified atom stereocenters. The summed E-state index contributed by atoms with van der Waals surface area (Å²) in [6.07, 6.45) is 1.53. The molecule has 126 valence electrons. The van der Waals surface area contributed by atoms with E-state index in [-0.39, 0.29) is 11.3 Å². The number of carbonyl (C=O) groups is 1. The number of hydrogen-bond acceptors (Lipinski definition) is 4. The number of hydrogen-bond donors (Lipinski definition) is 2. The molecule has 0 atom stereocenters. The molecular weight excluding hydrogens is 316 g/mol. The number of carbonyl (C=O) groups excluding carboxylic acids is 1. The molecule has 0 heterocycles. The average molecular weight is 334 g/mol. The lowest BCUT2D eigenvalue weighted by Crippen LogP contribution is -2.17. The van der Waals surface area contributed by atoms with Crippen LogP contribution in [0.4, 0.5) is 0 Å². The second-order valence-corrected chi connectivity index (χ2v) is 5.42. The van der Waals surface area contributed by atoms with Gasteiger partial charge in [0.1, 0.15) is 11.5 Å². The van der Waals surface area contributed by atoms with E-state index in [1.165, 1.54) is 6.21 Å². The monoisotopic (exact) mass is 334 g/mol. The van der Waals surface area contributed by atoms with E-state index in [0.717, 1.165) is 22.1 Å². The van der Waals surface area contributed by atoms with Gasteiger partial charge in [0.2, 0.25) is 0 Å². The first kappa shape index (κ1) is 16.5. The van der Waals surface area contributed by atoms with E-state index in [1.54, 1.807) is 12.1 Å². The largest absolute Gasteiger partial charge is 0.507 e. The van der Waals surface area contributed by atoms with Crippen molar-refractivity contribution in [1.82, 2.24) is 5.43 Å². The summed E-state index contributed by atoms with van der Waals surface area (Å²) >= 11 is 0. The van der Waals surface area contributed by atoms with Gasteiger partial charge in [0.05, 0.1) is 18.4 Å².